The summed E-state index contributed by atoms with van der Waals surface area (Å²) in [6.07, 6.45) is 1.73. The number of nitrogens with one attached hydrogen (secondary N) is 1. The summed E-state index contributed by atoms with van der Waals surface area (Å²) in [6.45, 7) is 2.63. The number of amides is 3. The Balaban J connectivity index is 1.40. The summed E-state index contributed by atoms with van der Waals surface area (Å²) >= 11 is 0. The van der Waals surface area contributed by atoms with Gasteiger partial charge in [0.05, 0.1) is 12.1 Å². The normalized spacial score (nSPS) is 16.4. The van der Waals surface area contributed by atoms with Gasteiger partial charge in [0.15, 0.2) is 12.1 Å². The first-order valence-electron chi connectivity index (χ1n) is 13.0. The third-order valence-corrected chi connectivity index (χ3v) is 6.83. The highest BCUT2D eigenvalue weighted by Crippen LogP contribution is 2.35. The Labute approximate surface area is 233 Å². The first-order valence-corrected chi connectivity index (χ1v) is 13.0. The van der Waals surface area contributed by atoms with Crippen molar-refractivity contribution in [1.29, 1.82) is 0 Å². The number of hydrogen-bond acceptors (Lipinski definition) is 5. The lowest BCUT2D eigenvalue weighted by molar-refractivity contribution is -0.136. The molecule has 1 fully saturated rings. The van der Waals surface area contributed by atoms with Crippen LogP contribution in [0.2, 0.25) is 0 Å². The van der Waals surface area contributed by atoms with Gasteiger partial charge in [-0.3, -0.25) is 19.5 Å². The summed E-state index contributed by atoms with van der Waals surface area (Å²) in [5.74, 6) is -0.505. The van der Waals surface area contributed by atoms with Gasteiger partial charge in [-0.15, -0.1) is 0 Å². The molecule has 4 aromatic rings. The Morgan fingerprint density at radius 1 is 0.950 bits per heavy atom. The molecule has 202 valence electrons. The molecule has 8 nitrogen and oxygen atoms in total. The Kier molecular flexibility index (Phi) is 7.87. The Hall–Kier alpha value is -4.98. The number of likely N-dealkylation sites (N-methyl/N-ethyl adjacent to an activating group) is 1. The number of anilines is 1. The van der Waals surface area contributed by atoms with Gasteiger partial charge in [0.1, 0.15) is 0 Å². The minimum Gasteiger partial charge on any atom is -0.438 e. The molecule has 2 heterocycles. The minimum absolute atomic E-state index is 0.221. The molecule has 0 radical (unpaired) electrons. The van der Waals surface area contributed by atoms with E-state index in [1.54, 1.807) is 54.5 Å². The standard InChI is InChI=1S/C32H30N4O4/c1-22-8-6-11-24(18-22)21-36-28(31(38)35(2)20-23-9-4-3-5-10-23)29(40-32(36)39)25-13-15-27(16-14-25)34-30(37)26-12-7-17-33-19-26/h3-19,28-29H,20-21H2,1-2H3,(H,34,37)/t28-,29-/m1/s1. The number of ether oxygens (including phenoxy) is 1. The third-order valence-electron chi connectivity index (χ3n) is 6.83. The SMILES string of the molecule is Cc1cccc(CN2C(=O)O[C@H](c3ccc(NC(=O)c4cccnc4)cc3)[C@@H]2C(=O)N(C)Cc2ccccc2)c1. The molecule has 0 unspecified atom stereocenters. The molecule has 1 aliphatic heterocycles. The molecular weight excluding hydrogens is 504 g/mol. The number of carbonyl (C=O) groups is 3. The van der Waals surface area contributed by atoms with Gasteiger partial charge in [0.25, 0.3) is 5.91 Å². The number of aryl methyl sites for hydroxylation is 1. The van der Waals surface area contributed by atoms with E-state index < -0.39 is 18.2 Å². The molecule has 3 aromatic carbocycles. The van der Waals surface area contributed by atoms with E-state index >= 15 is 0 Å². The Morgan fingerprint density at radius 2 is 1.70 bits per heavy atom. The van der Waals surface area contributed by atoms with Gasteiger partial charge in [-0.25, -0.2) is 4.79 Å². The summed E-state index contributed by atoms with van der Waals surface area (Å²) in [6, 6.07) is 27.1. The Morgan fingerprint density at radius 3 is 2.40 bits per heavy atom. The number of carbonyl (C=O) groups excluding carboxylic acids is 3. The van der Waals surface area contributed by atoms with Crippen LogP contribution in [0.25, 0.3) is 0 Å². The van der Waals surface area contributed by atoms with Gasteiger partial charge in [-0.05, 0) is 47.9 Å². The van der Waals surface area contributed by atoms with Crippen molar-refractivity contribution in [2.45, 2.75) is 32.2 Å². The predicted octanol–water partition coefficient (Wildman–Crippen LogP) is 5.36. The zero-order chi connectivity index (χ0) is 28.1. The highest BCUT2D eigenvalue weighted by molar-refractivity contribution is 6.04. The molecule has 0 spiro atoms. The molecule has 0 aliphatic carbocycles. The van der Waals surface area contributed by atoms with Crippen molar-refractivity contribution in [2.24, 2.45) is 0 Å². The molecule has 5 rings (SSSR count). The zero-order valence-corrected chi connectivity index (χ0v) is 22.4. The van der Waals surface area contributed by atoms with Crippen LogP contribution in [0.5, 0.6) is 0 Å². The van der Waals surface area contributed by atoms with E-state index in [9.17, 15) is 14.4 Å². The number of benzene rings is 3. The van der Waals surface area contributed by atoms with E-state index in [2.05, 4.69) is 10.3 Å². The van der Waals surface area contributed by atoms with E-state index in [1.807, 2.05) is 61.5 Å². The van der Waals surface area contributed by atoms with Crippen LogP contribution in [0.1, 0.15) is 38.7 Å². The minimum atomic E-state index is -0.863. The van der Waals surface area contributed by atoms with Crippen LogP contribution in [0, 0.1) is 6.92 Å². The summed E-state index contributed by atoms with van der Waals surface area (Å²) in [5.41, 5.74) is 4.63. The van der Waals surface area contributed by atoms with Crippen LogP contribution < -0.4 is 5.32 Å². The van der Waals surface area contributed by atoms with Crippen molar-refractivity contribution in [2.75, 3.05) is 12.4 Å². The fourth-order valence-electron chi connectivity index (χ4n) is 4.82. The number of aromatic nitrogens is 1. The second kappa shape index (κ2) is 11.8. The van der Waals surface area contributed by atoms with Crippen LogP contribution >= 0.6 is 0 Å². The summed E-state index contributed by atoms with van der Waals surface area (Å²) in [4.78, 5) is 46.7. The molecule has 0 saturated carbocycles. The largest absolute Gasteiger partial charge is 0.438 e. The summed E-state index contributed by atoms with van der Waals surface area (Å²) < 4.78 is 5.83. The molecule has 0 bridgehead atoms. The second-order valence-corrected chi connectivity index (χ2v) is 9.86. The van der Waals surface area contributed by atoms with Crippen LogP contribution in [0.3, 0.4) is 0 Å². The summed E-state index contributed by atoms with van der Waals surface area (Å²) in [7, 11) is 1.73. The monoisotopic (exact) mass is 534 g/mol. The van der Waals surface area contributed by atoms with Crippen LogP contribution in [-0.4, -0.2) is 45.8 Å². The number of cyclic esters (lactones) is 1. The lowest BCUT2D eigenvalue weighted by Crippen LogP contribution is -2.46. The lowest BCUT2D eigenvalue weighted by atomic mass is 9.99. The van der Waals surface area contributed by atoms with E-state index in [-0.39, 0.29) is 18.4 Å². The molecule has 40 heavy (non-hydrogen) atoms. The molecule has 1 N–H and O–H groups in total. The highest BCUT2D eigenvalue weighted by atomic mass is 16.6. The van der Waals surface area contributed by atoms with Crippen molar-refractivity contribution in [3.63, 3.8) is 0 Å². The molecule has 1 saturated heterocycles. The van der Waals surface area contributed by atoms with Crippen molar-refractivity contribution in [3.8, 4) is 0 Å². The van der Waals surface area contributed by atoms with Crippen molar-refractivity contribution in [1.82, 2.24) is 14.8 Å². The fourth-order valence-corrected chi connectivity index (χ4v) is 4.82. The molecule has 1 aromatic heterocycles. The van der Waals surface area contributed by atoms with Gasteiger partial charge < -0.3 is 15.0 Å². The average Bonchev–Trinajstić information content (AvgIpc) is 3.29. The maximum Gasteiger partial charge on any atom is 0.411 e. The summed E-state index contributed by atoms with van der Waals surface area (Å²) in [5, 5.41) is 2.84. The van der Waals surface area contributed by atoms with E-state index in [1.165, 1.54) is 11.1 Å². The lowest BCUT2D eigenvalue weighted by Gasteiger charge is -2.28. The third kappa shape index (κ3) is 6.02. The second-order valence-electron chi connectivity index (χ2n) is 9.86. The van der Waals surface area contributed by atoms with Gasteiger partial charge in [0, 0.05) is 31.7 Å². The zero-order valence-electron chi connectivity index (χ0n) is 22.4. The number of hydrogen-bond donors (Lipinski definition) is 1. The number of nitrogens with zero attached hydrogens (tertiary/aromatic N) is 3. The van der Waals surface area contributed by atoms with Crippen molar-refractivity contribution >= 4 is 23.6 Å². The van der Waals surface area contributed by atoms with E-state index in [0.717, 1.165) is 16.7 Å². The Bertz CT molecular complexity index is 1490. The molecule has 1 aliphatic rings. The highest BCUT2D eigenvalue weighted by Gasteiger charge is 2.48. The van der Waals surface area contributed by atoms with Gasteiger partial charge >= 0.3 is 6.09 Å². The van der Waals surface area contributed by atoms with Crippen molar-refractivity contribution < 1.29 is 19.1 Å². The van der Waals surface area contributed by atoms with Gasteiger partial charge in [-0.1, -0.05) is 72.3 Å². The number of pyridine rings is 1. The van der Waals surface area contributed by atoms with E-state index in [4.69, 9.17) is 4.74 Å². The van der Waals surface area contributed by atoms with Crippen molar-refractivity contribution in [3.05, 3.63) is 131 Å². The van der Waals surface area contributed by atoms with Gasteiger partial charge in [-0.2, -0.15) is 0 Å². The van der Waals surface area contributed by atoms with Crippen LogP contribution in [0.15, 0.2) is 103 Å². The fraction of sp³-hybridized carbons (Fsp3) is 0.188. The number of rotatable bonds is 8. The molecule has 2 atom stereocenters. The first-order chi connectivity index (χ1) is 19.4. The van der Waals surface area contributed by atoms with Gasteiger partial charge in [0.2, 0.25) is 5.91 Å². The maximum absolute atomic E-state index is 13.9. The topological polar surface area (TPSA) is 91.8 Å². The van der Waals surface area contributed by atoms with Crippen LogP contribution in [0.4, 0.5) is 10.5 Å². The quantitative estimate of drug-likeness (QED) is 0.329. The van der Waals surface area contributed by atoms with Crippen LogP contribution in [-0.2, 0) is 22.6 Å². The first kappa shape index (κ1) is 26.6. The molecule has 8 heteroatoms. The average molecular weight is 535 g/mol. The molecular formula is C32H30N4O4. The van der Waals surface area contributed by atoms with E-state index in [0.29, 0.717) is 23.4 Å². The molecule has 3 amide bonds. The predicted molar refractivity (Wildman–Crippen MR) is 151 cm³/mol. The maximum atomic E-state index is 13.9. The smallest absolute Gasteiger partial charge is 0.411 e.